The Kier molecular flexibility index (Phi) is 9.48. The number of benzene rings is 6. The van der Waals surface area contributed by atoms with Gasteiger partial charge in [-0.3, -0.25) is 0 Å². The Labute approximate surface area is 352 Å². The number of hydrogen-bond acceptors (Lipinski definition) is 3. The third kappa shape index (κ3) is 6.96. The number of ether oxygens (including phenoxy) is 1. The summed E-state index contributed by atoms with van der Waals surface area (Å²) < 4.78 is 12.3. The molecule has 0 unspecified atom stereocenters. The smallest absolute Gasteiger partial charge is 0.0622 e. The van der Waals surface area contributed by atoms with Crippen molar-refractivity contribution in [1.82, 2.24) is 14.1 Å². The van der Waals surface area contributed by atoms with E-state index in [1.807, 2.05) is 30.5 Å². The van der Waals surface area contributed by atoms with Crippen molar-refractivity contribution in [1.29, 1.82) is 0 Å². The quantitative estimate of drug-likeness (QED) is 0.156. The molecule has 292 valence electrons. The summed E-state index contributed by atoms with van der Waals surface area (Å²) in [5, 5.41) is 0. The van der Waals surface area contributed by atoms with Crippen LogP contribution in [0.25, 0.3) is 44.7 Å². The second-order valence-electron chi connectivity index (χ2n) is 17.2. The fraction of sp³-hybridized carbons (Fsp3) is 0.192. The summed E-state index contributed by atoms with van der Waals surface area (Å²) in [6, 6.07) is 54.4. The number of fused-ring (bicyclic) bond motifs is 4. The van der Waals surface area contributed by atoms with Crippen molar-refractivity contribution in [2.24, 2.45) is 0 Å². The number of anilines is 2. The van der Waals surface area contributed by atoms with Crippen LogP contribution in [0.1, 0.15) is 63.8 Å². The summed E-state index contributed by atoms with van der Waals surface area (Å²) in [4.78, 5) is 7.26. The summed E-state index contributed by atoms with van der Waals surface area (Å²) in [5.74, 6) is 2.10. The van der Waals surface area contributed by atoms with Crippen LogP contribution in [0.5, 0.6) is 11.5 Å². The van der Waals surface area contributed by atoms with E-state index in [-0.39, 0.29) is 10.8 Å². The van der Waals surface area contributed by atoms with E-state index in [2.05, 4.69) is 203 Å². The first kappa shape index (κ1) is 37.8. The number of imidazole rings is 1. The van der Waals surface area contributed by atoms with E-state index in [0.717, 1.165) is 54.4 Å². The van der Waals surface area contributed by atoms with Crippen LogP contribution in [0.2, 0.25) is 0 Å². The van der Waals surface area contributed by atoms with Crippen molar-refractivity contribution in [2.45, 2.75) is 65.8 Å². The number of nitrogens with zero attached hydrogens (tertiary/aromatic N) is 4. The third-order valence-corrected chi connectivity index (χ3v) is 12.1. The average molecular weight is 938 g/mol. The topological polar surface area (TPSA) is 35.2 Å². The number of hydrogen-bond donors (Lipinski definition) is 0. The number of aromatic nitrogens is 3. The Morgan fingerprint density at radius 2 is 1.28 bits per heavy atom. The molecule has 9 rings (SSSR count). The second-order valence-corrected chi connectivity index (χ2v) is 18.2. The van der Waals surface area contributed by atoms with Crippen LogP contribution in [0.4, 0.5) is 11.5 Å². The molecule has 2 aromatic heterocycles. The van der Waals surface area contributed by atoms with Gasteiger partial charge in [-0.25, -0.2) is 0 Å². The Bertz CT molecular complexity index is 2880. The molecule has 0 fully saturated rings. The molecule has 0 atom stereocenters. The van der Waals surface area contributed by atoms with Crippen LogP contribution in [-0.2, 0) is 36.7 Å². The standard InChI is InChI=1S/C52H46N4O.Pt/c1-35-26-50(53-32-46(35)36-16-9-8-10-17-36)54-33-37-18-11-12-21-44(37)45-25-24-43(31-49(45)54)57-42-20-15-19-40(30-42)55-34-56(48-23-14-13-22-47(48)55)41-28-38(51(2,3)4)27-39(29-41)52(5,6)7;/h8-29,32H,33H2,1-7H3;/q-2;. The van der Waals surface area contributed by atoms with Crippen molar-refractivity contribution in [3.05, 3.63) is 178 Å². The van der Waals surface area contributed by atoms with Crippen molar-refractivity contribution in [3.63, 3.8) is 0 Å². The van der Waals surface area contributed by atoms with Gasteiger partial charge in [-0.2, -0.15) is 0 Å². The molecule has 0 N–H and O–H groups in total. The van der Waals surface area contributed by atoms with E-state index in [0.29, 0.717) is 18.0 Å². The minimum Gasteiger partial charge on any atom is -0.0622 e. The fourth-order valence-corrected chi connectivity index (χ4v) is 8.98. The Morgan fingerprint density at radius 1 is 0.621 bits per heavy atom. The maximum atomic E-state index is 6.65. The van der Waals surface area contributed by atoms with Gasteiger partial charge in [0.1, 0.15) is 0 Å². The van der Waals surface area contributed by atoms with Gasteiger partial charge in [0.15, 0.2) is 0 Å². The summed E-state index contributed by atoms with van der Waals surface area (Å²) in [5.41, 5.74) is 14.8. The summed E-state index contributed by atoms with van der Waals surface area (Å²) in [6.07, 6.45) is 1.99. The van der Waals surface area contributed by atoms with Crippen LogP contribution >= 0.6 is 0 Å². The predicted molar refractivity (Wildman–Crippen MR) is 233 cm³/mol. The van der Waals surface area contributed by atoms with Gasteiger partial charge in [0.05, 0.1) is 0 Å². The molecule has 0 aliphatic carbocycles. The van der Waals surface area contributed by atoms with E-state index in [1.165, 1.54) is 27.8 Å². The Morgan fingerprint density at radius 3 is 1.98 bits per heavy atom. The summed E-state index contributed by atoms with van der Waals surface area (Å²) in [7, 11) is 0. The van der Waals surface area contributed by atoms with Gasteiger partial charge in [-0.05, 0) is 18.1 Å². The van der Waals surface area contributed by atoms with E-state index in [1.54, 1.807) is 0 Å². The van der Waals surface area contributed by atoms with Gasteiger partial charge in [-0.15, -0.1) is 0 Å². The molecule has 6 heteroatoms. The zero-order chi connectivity index (χ0) is 40.3. The molecule has 0 saturated carbocycles. The summed E-state index contributed by atoms with van der Waals surface area (Å²) in [6.45, 7) is 16.6. The van der Waals surface area contributed by atoms with E-state index in [9.17, 15) is 0 Å². The van der Waals surface area contributed by atoms with Crippen LogP contribution in [0.3, 0.4) is 0 Å². The molecular formula is C52H46N4OPt-2. The fourth-order valence-electron chi connectivity index (χ4n) is 7.86. The molecular weight excluding hydrogens is 892 g/mol. The molecule has 1 aliphatic rings. The summed E-state index contributed by atoms with van der Waals surface area (Å²) >= 11 is 2.47. The van der Waals surface area contributed by atoms with Gasteiger partial charge in [0.2, 0.25) is 0 Å². The number of para-hydroxylation sites is 2. The number of rotatable bonds is 6. The van der Waals surface area contributed by atoms with Gasteiger partial charge in [0, 0.05) is 11.8 Å². The monoisotopic (exact) mass is 937 g/mol. The van der Waals surface area contributed by atoms with Gasteiger partial charge in [-0.1, -0.05) is 48.5 Å². The maximum absolute atomic E-state index is 6.65. The molecule has 58 heavy (non-hydrogen) atoms. The van der Waals surface area contributed by atoms with Crippen LogP contribution < -0.4 is 9.64 Å². The van der Waals surface area contributed by atoms with E-state index >= 15 is 0 Å². The van der Waals surface area contributed by atoms with Crippen molar-refractivity contribution < 1.29 is 24.1 Å². The molecule has 0 radical (unpaired) electrons. The average Bonchev–Trinajstić information content (AvgIpc) is 3.51. The van der Waals surface area contributed by atoms with Crippen LogP contribution in [-0.4, -0.2) is 14.1 Å². The number of aryl methyl sites for hydroxylation is 1. The molecule has 0 saturated heterocycles. The van der Waals surface area contributed by atoms with Crippen LogP contribution in [0.15, 0.2) is 140 Å². The van der Waals surface area contributed by atoms with Crippen molar-refractivity contribution in [3.8, 4) is 45.1 Å². The van der Waals surface area contributed by atoms with Gasteiger partial charge < -0.3 is 0 Å². The van der Waals surface area contributed by atoms with Gasteiger partial charge in [0.25, 0.3) is 0 Å². The molecule has 6 aromatic carbocycles. The first-order valence-electron chi connectivity index (χ1n) is 19.8. The van der Waals surface area contributed by atoms with Crippen LogP contribution in [0, 0.1) is 22.9 Å². The van der Waals surface area contributed by atoms with Gasteiger partial charge >= 0.3 is 276 Å². The normalized spacial score (nSPS) is 12.7. The minimum absolute atomic E-state index is 0.00340. The molecule has 1 aliphatic heterocycles. The zero-order valence-electron chi connectivity index (χ0n) is 34.0. The molecule has 0 spiro atoms. The first-order chi connectivity index (χ1) is 27.8. The molecule has 8 aromatic rings. The minimum atomic E-state index is -0.00340. The number of pyridine rings is 1. The molecule has 0 amide bonds. The predicted octanol–water partition coefficient (Wildman–Crippen LogP) is 13.2. The van der Waals surface area contributed by atoms with E-state index in [4.69, 9.17) is 9.72 Å². The molecule has 3 heterocycles. The zero-order valence-corrected chi connectivity index (χ0v) is 36.3. The molecule has 5 nitrogen and oxygen atoms in total. The Balaban J connectivity index is 1.10. The van der Waals surface area contributed by atoms with Crippen molar-refractivity contribution in [2.75, 3.05) is 4.90 Å². The SMILES string of the molecule is Cc1cc(N2Cc3ccccc3-c3ccc(Oc4[c-]c(-n5[c](=[Pt])n(-c6cc(C(C)(C)C)cc(C(C)(C)C)c6)c6ccccc65)ccc4)[c-]c32)ncc1-c1ccccc1. The second kappa shape index (κ2) is 14.6. The third-order valence-electron chi connectivity index (χ3n) is 11.1. The van der Waals surface area contributed by atoms with E-state index < -0.39 is 0 Å². The van der Waals surface area contributed by atoms with Crippen molar-refractivity contribution >= 4 is 22.5 Å². The molecule has 0 bridgehead atoms. The Hall–Kier alpha value is -5.77. The first-order valence-corrected chi connectivity index (χ1v) is 21.0.